The van der Waals surface area contributed by atoms with Crippen molar-refractivity contribution in [3.63, 3.8) is 0 Å². The standard InChI is InChI=1S/C15H22O5/c1-13-12-18-9-8-16-6-7-17-10-11-19-14-4-2-3-5-15(14)20-13/h2-5,13H,6-12H2,1H3. The van der Waals surface area contributed by atoms with Gasteiger partial charge in [0.05, 0.1) is 39.6 Å². The van der Waals surface area contributed by atoms with Crippen molar-refractivity contribution in [2.75, 3.05) is 46.2 Å². The Hall–Kier alpha value is -1.30. The molecule has 1 aromatic carbocycles. The zero-order valence-corrected chi connectivity index (χ0v) is 11.9. The van der Waals surface area contributed by atoms with Crippen molar-refractivity contribution in [2.24, 2.45) is 0 Å². The highest BCUT2D eigenvalue weighted by Gasteiger charge is 2.09. The van der Waals surface area contributed by atoms with E-state index in [0.29, 0.717) is 46.2 Å². The Bertz CT molecular complexity index is 382. The van der Waals surface area contributed by atoms with Crippen molar-refractivity contribution >= 4 is 0 Å². The first kappa shape index (κ1) is 15.1. The minimum absolute atomic E-state index is 0.0406. The molecule has 20 heavy (non-hydrogen) atoms. The summed E-state index contributed by atoms with van der Waals surface area (Å²) in [7, 11) is 0. The zero-order chi connectivity index (χ0) is 14.0. The fourth-order valence-corrected chi connectivity index (χ4v) is 1.82. The summed E-state index contributed by atoms with van der Waals surface area (Å²) in [6, 6.07) is 7.64. The number of para-hydroxylation sites is 2. The molecule has 0 amide bonds. The van der Waals surface area contributed by atoms with E-state index in [1.165, 1.54) is 0 Å². The van der Waals surface area contributed by atoms with Crippen molar-refractivity contribution in [3.8, 4) is 11.5 Å². The lowest BCUT2D eigenvalue weighted by atomic mass is 10.3. The van der Waals surface area contributed by atoms with Gasteiger partial charge in [-0.05, 0) is 19.1 Å². The molecule has 0 fully saturated rings. The molecule has 5 nitrogen and oxygen atoms in total. The molecule has 1 unspecified atom stereocenters. The van der Waals surface area contributed by atoms with Crippen molar-refractivity contribution < 1.29 is 23.7 Å². The van der Waals surface area contributed by atoms with E-state index in [1.807, 2.05) is 31.2 Å². The van der Waals surface area contributed by atoms with Crippen LogP contribution in [0.3, 0.4) is 0 Å². The molecular formula is C15H22O5. The van der Waals surface area contributed by atoms with Crippen molar-refractivity contribution in [2.45, 2.75) is 13.0 Å². The molecule has 1 atom stereocenters. The van der Waals surface area contributed by atoms with Crippen LogP contribution in [0.1, 0.15) is 6.92 Å². The van der Waals surface area contributed by atoms with Crippen molar-refractivity contribution in [3.05, 3.63) is 24.3 Å². The lowest BCUT2D eigenvalue weighted by Crippen LogP contribution is -2.21. The number of benzene rings is 1. The van der Waals surface area contributed by atoms with Crippen LogP contribution in [0.2, 0.25) is 0 Å². The van der Waals surface area contributed by atoms with Crippen molar-refractivity contribution in [1.29, 1.82) is 0 Å². The minimum atomic E-state index is -0.0406. The Morgan fingerprint density at radius 3 is 2.15 bits per heavy atom. The van der Waals surface area contributed by atoms with Crippen LogP contribution in [0.4, 0.5) is 0 Å². The third-order valence-corrected chi connectivity index (χ3v) is 2.76. The number of ether oxygens (including phenoxy) is 5. The molecule has 1 aliphatic rings. The van der Waals surface area contributed by atoms with Gasteiger partial charge in [-0.15, -0.1) is 0 Å². The Balaban J connectivity index is 1.95. The summed E-state index contributed by atoms with van der Waals surface area (Å²) in [6.07, 6.45) is -0.0406. The van der Waals surface area contributed by atoms with Gasteiger partial charge in [0.1, 0.15) is 12.7 Å². The Kier molecular flexibility index (Phi) is 6.63. The average Bonchev–Trinajstić information content (AvgIpc) is 2.46. The average molecular weight is 282 g/mol. The Morgan fingerprint density at radius 2 is 1.40 bits per heavy atom. The van der Waals surface area contributed by atoms with E-state index in [9.17, 15) is 0 Å². The summed E-state index contributed by atoms with van der Waals surface area (Å²) < 4.78 is 27.8. The second kappa shape index (κ2) is 8.79. The SMILES string of the molecule is CC1COCCOCCOCCOc2ccccc2O1. The zero-order valence-electron chi connectivity index (χ0n) is 11.9. The van der Waals surface area contributed by atoms with E-state index in [2.05, 4.69) is 0 Å². The van der Waals surface area contributed by atoms with Crippen LogP contribution >= 0.6 is 0 Å². The lowest BCUT2D eigenvalue weighted by molar-refractivity contribution is -0.00192. The third kappa shape index (κ3) is 5.36. The molecule has 0 radical (unpaired) electrons. The second-order valence-electron chi connectivity index (χ2n) is 4.52. The van der Waals surface area contributed by atoms with Gasteiger partial charge in [0, 0.05) is 0 Å². The summed E-state index contributed by atoms with van der Waals surface area (Å²) in [4.78, 5) is 0. The summed E-state index contributed by atoms with van der Waals surface area (Å²) in [6.45, 7) is 5.79. The fourth-order valence-electron chi connectivity index (χ4n) is 1.82. The maximum absolute atomic E-state index is 5.84. The molecular weight excluding hydrogens is 260 g/mol. The van der Waals surface area contributed by atoms with Gasteiger partial charge in [0.25, 0.3) is 0 Å². The molecule has 5 heteroatoms. The number of fused-ring (bicyclic) bond motifs is 1. The molecule has 1 heterocycles. The van der Waals surface area contributed by atoms with Gasteiger partial charge < -0.3 is 23.7 Å². The highest BCUT2D eigenvalue weighted by Crippen LogP contribution is 2.27. The first-order valence-electron chi connectivity index (χ1n) is 6.98. The van der Waals surface area contributed by atoms with Crippen molar-refractivity contribution in [1.82, 2.24) is 0 Å². The molecule has 0 saturated heterocycles. The molecule has 112 valence electrons. The normalized spacial score (nSPS) is 22.6. The number of hydrogen-bond donors (Lipinski definition) is 0. The topological polar surface area (TPSA) is 46.2 Å². The molecule has 1 aromatic rings. The summed E-state index contributed by atoms with van der Waals surface area (Å²) in [5.41, 5.74) is 0. The van der Waals surface area contributed by atoms with Crippen LogP contribution in [-0.4, -0.2) is 52.4 Å². The molecule has 0 spiro atoms. The van der Waals surface area contributed by atoms with E-state index in [-0.39, 0.29) is 6.10 Å². The molecule has 0 saturated carbocycles. The van der Waals surface area contributed by atoms with E-state index in [0.717, 1.165) is 11.5 Å². The van der Waals surface area contributed by atoms with Crippen LogP contribution in [0.5, 0.6) is 11.5 Å². The number of rotatable bonds is 0. The van der Waals surface area contributed by atoms with Crippen LogP contribution in [-0.2, 0) is 14.2 Å². The Morgan fingerprint density at radius 1 is 0.800 bits per heavy atom. The number of hydrogen-bond acceptors (Lipinski definition) is 5. The van der Waals surface area contributed by atoms with Gasteiger partial charge >= 0.3 is 0 Å². The van der Waals surface area contributed by atoms with Crippen LogP contribution in [0.25, 0.3) is 0 Å². The fraction of sp³-hybridized carbons (Fsp3) is 0.600. The minimum Gasteiger partial charge on any atom is -0.487 e. The molecule has 0 aliphatic carbocycles. The first-order chi connectivity index (χ1) is 9.86. The quantitative estimate of drug-likeness (QED) is 0.727. The highest BCUT2D eigenvalue weighted by atomic mass is 16.6. The first-order valence-corrected chi connectivity index (χ1v) is 6.98. The van der Waals surface area contributed by atoms with Gasteiger partial charge in [0.15, 0.2) is 11.5 Å². The smallest absolute Gasteiger partial charge is 0.161 e. The largest absolute Gasteiger partial charge is 0.487 e. The molecule has 1 aliphatic heterocycles. The molecule has 0 aromatic heterocycles. The maximum Gasteiger partial charge on any atom is 0.161 e. The van der Waals surface area contributed by atoms with E-state index in [1.54, 1.807) is 0 Å². The lowest BCUT2D eigenvalue weighted by Gasteiger charge is -2.17. The Labute approximate surface area is 119 Å². The van der Waals surface area contributed by atoms with Crippen LogP contribution < -0.4 is 9.47 Å². The summed E-state index contributed by atoms with van der Waals surface area (Å²) in [5.74, 6) is 1.46. The van der Waals surface area contributed by atoms with Gasteiger partial charge in [-0.1, -0.05) is 12.1 Å². The van der Waals surface area contributed by atoms with Crippen LogP contribution in [0, 0.1) is 0 Å². The second-order valence-corrected chi connectivity index (χ2v) is 4.52. The predicted molar refractivity (Wildman–Crippen MR) is 74.5 cm³/mol. The molecule has 2 rings (SSSR count). The van der Waals surface area contributed by atoms with Gasteiger partial charge in [-0.2, -0.15) is 0 Å². The molecule has 0 bridgehead atoms. The summed E-state index contributed by atoms with van der Waals surface area (Å²) >= 11 is 0. The van der Waals surface area contributed by atoms with E-state index < -0.39 is 0 Å². The highest BCUT2D eigenvalue weighted by molar-refractivity contribution is 5.39. The van der Waals surface area contributed by atoms with Gasteiger partial charge in [-0.25, -0.2) is 0 Å². The maximum atomic E-state index is 5.84. The third-order valence-electron chi connectivity index (χ3n) is 2.76. The molecule has 0 N–H and O–H groups in total. The monoisotopic (exact) mass is 282 g/mol. The summed E-state index contributed by atoms with van der Waals surface area (Å²) in [5, 5.41) is 0. The van der Waals surface area contributed by atoms with Gasteiger partial charge in [-0.3, -0.25) is 0 Å². The van der Waals surface area contributed by atoms with Gasteiger partial charge in [0.2, 0.25) is 0 Å². The van der Waals surface area contributed by atoms with E-state index >= 15 is 0 Å². The van der Waals surface area contributed by atoms with Crippen LogP contribution in [0.15, 0.2) is 24.3 Å². The van der Waals surface area contributed by atoms with E-state index in [4.69, 9.17) is 23.7 Å². The predicted octanol–water partition coefficient (Wildman–Crippen LogP) is 1.90.